The molecule has 1 aromatic rings. The maximum Gasteiger partial charge on any atom is 0.253 e. The monoisotopic (exact) mass is 252 g/mol. The summed E-state index contributed by atoms with van der Waals surface area (Å²) in [5.74, 6) is 0.423. The van der Waals surface area contributed by atoms with E-state index < -0.39 is 0 Å². The molecule has 1 unspecified atom stereocenters. The number of hydrogen-bond donors (Lipinski definition) is 1. The van der Waals surface area contributed by atoms with Crippen LogP contribution < -0.4 is 10.5 Å². The highest BCUT2D eigenvalue weighted by atomic mass is 16.5. The number of nitrogens with two attached hydrogens (primary N) is 1. The Hall–Kier alpha value is -1.75. The van der Waals surface area contributed by atoms with Crippen molar-refractivity contribution in [2.24, 2.45) is 0 Å². The van der Waals surface area contributed by atoms with Crippen LogP contribution in [0.25, 0.3) is 0 Å². The molecule has 0 radical (unpaired) electrons. The van der Waals surface area contributed by atoms with Gasteiger partial charge in [-0.1, -0.05) is 0 Å². The normalized spacial score (nSPS) is 12.0. The summed E-state index contributed by atoms with van der Waals surface area (Å²) in [5, 5.41) is 0. The highest BCUT2D eigenvalue weighted by Gasteiger charge is 2.12. The minimum atomic E-state index is -0.123. The zero-order chi connectivity index (χ0) is 13.7. The summed E-state index contributed by atoms with van der Waals surface area (Å²) in [6.45, 7) is 2.34. The van der Waals surface area contributed by atoms with Crippen LogP contribution in [0.15, 0.2) is 18.2 Å². The first-order chi connectivity index (χ1) is 8.45. The van der Waals surface area contributed by atoms with Gasteiger partial charge in [0.25, 0.3) is 5.91 Å². The fraction of sp³-hybridized carbons (Fsp3) is 0.462. The lowest BCUT2D eigenvalue weighted by molar-refractivity contribution is 0.0823. The van der Waals surface area contributed by atoms with Gasteiger partial charge < -0.3 is 20.1 Å². The second-order valence-corrected chi connectivity index (χ2v) is 4.34. The summed E-state index contributed by atoms with van der Waals surface area (Å²) in [6.07, 6.45) is -0.123. The molecule has 0 saturated carbocycles. The van der Waals surface area contributed by atoms with Gasteiger partial charge in [-0.15, -0.1) is 0 Å². The van der Waals surface area contributed by atoms with Crippen LogP contribution in [0.2, 0.25) is 0 Å². The standard InChI is InChI=1S/C13H20N2O3/c1-9(8-17-4)18-12-7-10(5-6-11(12)14)13(16)15(2)3/h5-7,9H,8,14H2,1-4H3. The Kier molecular flexibility index (Phi) is 4.97. The van der Waals surface area contributed by atoms with Crippen LogP contribution in [0.1, 0.15) is 17.3 Å². The Morgan fingerprint density at radius 3 is 2.67 bits per heavy atom. The fourth-order valence-corrected chi connectivity index (χ4v) is 1.51. The number of benzene rings is 1. The van der Waals surface area contributed by atoms with Crippen molar-refractivity contribution in [3.8, 4) is 5.75 Å². The SMILES string of the molecule is COCC(C)Oc1cc(C(=O)N(C)C)ccc1N. The van der Waals surface area contributed by atoms with E-state index in [4.69, 9.17) is 15.2 Å². The molecule has 1 atom stereocenters. The van der Waals surface area contributed by atoms with Crippen molar-refractivity contribution in [2.75, 3.05) is 33.5 Å². The van der Waals surface area contributed by atoms with Crippen molar-refractivity contribution in [1.29, 1.82) is 0 Å². The van der Waals surface area contributed by atoms with E-state index in [1.165, 1.54) is 4.90 Å². The summed E-state index contributed by atoms with van der Waals surface area (Å²) >= 11 is 0. The molecular formula is C13H20N2O3. The van der Waals surface area contributed by atoms with Crippen LogP contribution in [0.3, 0.4) is 0 Å². The number of carbonyl (C=O) groups excluding carboxylic acids is 1. The zero-order valence-corrected chi connectivity index (χ0v) is 11.3. The number of ether oxygens (including phenoxy) is 2. The number of amides is 1. The van der Waals surface area contributed by atoms with Gasteiger partial charge in [0.1, 0.15) is 11.9 Å². The van der Waals surface area contributed by atoms with E-state index in [1.54, 1.807) is 39.4 Å². The predicted octanol–water partition coefficient (Wildman–Crippen LogP) is 1.38. The Balaban J connectivity index is 2.91. The van der Waals surface area contributed by atoms with Crippen LogP contribution >= 0.6 is 0 Å². The summed E-state index contributed by atoms with van der Waals surface area (Å²) in [7, 11) is 5.01. The molecule has 0 heterocycles. The number of methoxy groups -OCH3 is 1. The quantitative estimate of drug-likeness (QED) is 0.804. The zero-order valence-electron chi connectivity index (χ0n) is 11.3. The lowest BCUT2D eigenvalue weighted by atomic mass is 10.1. The third kappa shape index (κ3) is 3.63. The first-order valence-corrected chi connectivity index (χ1v) is 5.72. The van der Waals surface area contributed by atoms with Gasteiger partial charge >= 0.3 is 0 Å². The van der Waals surface area contributed by atoms with Crippen molar-refractivity contribution < 1.29 is 14.3 Å². The number of hydrogen-bond acceptors (Lipinski definition) is 4. The van der Waals surface area contributed by atoms with E-state index in [0.717, 1.165) is 0 Å². The van der Waals surface area contributed by atoms with Gasteiger partial charge in [0.05, 0.1) is 12.3 Å². The number of carbonyl (C=O) groups is 1. The summed E-state index contributed by atoms with van der Waals surface area (Å²) < 4.78 is 10.6. The van der Waals surface area contributed by atoms with Crippen LogP contribution in [0.5, 0.6) is 5.75 Å². The number of anilines is 1. The Morgan fingerprint density at radius 2 is 2.11 bits per heavy atom. The maximum absolute atomic E-state index is 11.8. The molecule has 18 heavy (non-hydrogen) atoms. The van der Waals surface area contributed by atoms with Crippen LogP contribution in [0, 0.1) is 0 Å². The van der Waals surface area contributed by atoms with E-state index in [-0.39, 0.29) is 12.0 Å². The molecule has 1 aromatic carbocycles. The highest BCUT2D eigenvalue weighted by molar-refractivity contribution is 5.94. The van der Waals surface area contributed by atoms with E-state index in [1.807, 2.05) is 6.92 Å². The van der Waals surface area contributed by atoms with Gasteiger partial charge in [-0.05, 0) is 25.1 Å². The molecular weight excluding hydrogens is 232 g/mol. The average Bonchev–Trinajstić information content (AvgIpc) is 2.31. The van der Waals surface area contributed by atoms with E-state index >= 15 is 0 Å². The number of nitrogen functional groups attached to an aromatic ring is 1. The third-order valence-electron chi connectivity index (χ3n) is 2.40. The second kappa shape index (κ2) is 6.26. The molecule has 0 aliphatic carbocycles. The first kappa shape index (κ1) is 14.3. The minimum Gasteiger partial charge on any atom is -0.486 e. The van der Waals surface area contributed by atoms with Gasteiger partial charge in [0.15, 0.2) is 0 Å². The Bertz CT molecular complexity index is 419. The molecule has 1 rings (SSSR count). The molecule has 0 spiro atoms. The molecule has 0 aliphatic rings. The fourth-order valence-electron chi connectivity index (χ4n) is 1.51. The van der Waals surface area contributed by atoms with Crippen molar-refractivity contribution in [3.05, 3.63) is 23.8 Å². The second-order valence-electron chi connectivity index (χ2n) is 4.34. The van der Waals surface area contributed by atoms with Crippen molar-refractivity contribution in [1.82, 2.24) is 4.90 Å². The summed E-state index contributed by atoms with van der Waals surface area (Å²) in [4.78, 5) is 13.3. The molecule has 0 bridgehead atoms. The molecule has 100 valence electrons. The minimum absolute atomic E-state index is 0.0840. The average molecular weight is 252 g/mol. The molecule has 5 heteroatoms. The van der Waals surface area contributed by atoms with Gasteiger partial charge in [-0.3, -0.25) is 4.79 Å². The first-order valence-electron chi connectivity index (χ1n) is 5.72. The van der Waals surface area contributed by atoms with Crippen molar-refractivity contribution >= 4 is 11.6 Å². The van der Waals surface area contributed by atoms with Gasteiger partial charge in [-0.2, -0.15) is 0 Å². The molecule has 0 saturated heterocycles. The topological polar surface area (TPSA) is 64.8 Å². The van der Waals surface area contributed by atoms with Gasteiger partial charge in [-0.25, -0.2) is 0 Å². The lowest BCUT2D eigenvalue weighted by Crippen LogP contribution is -2.22. The third-order valence-corrected chi connectivity index (χ3v) is 2.40. The van der Waals surface area contributed by atoms with Gasteiger partial charge in [0.2, 0.25) is 0 Å². The van der Waals surface area contributed by atoms with Crippen LogP contribution in [-0.2, 0) is 4.74 Å². The van der Waals surface area contributed by atoms with Crippen molar-refractivity contribution in [3.63, 3.8) is 0 Å². The Morgan fingerprint density at radius 1 is 1.44 bits per heavy atom. The van der Waals surface area contributed by atoms with Crippen LogP contribution in [-0.4, -0.2) is 44.7 Å². The van der Waals surface area contributed by atoms with E-state index in [2.05, 4.69) is 0 Å². The molecule has 0 fully saturated rings. The summed E-state index contributed by atoms with van der Waals surface area (Å²) in [5.41, 5.74) is 6.88. The number of rotatable bonds is 5. The van der Waals surface area contributed by atoms with Crippen LogP contribution in [0.4, 0.5) is 5.69 Å². The van der Waals surface area contributed by atoms with Gasteiger partial charge in [0, 0.05) is 26.8 Å². The smallest absolute Gasteiger partial charge is 0.253 e. The maximum atomic E-state index is 11.8. The van der Waals surface area contributed by atoms with Crippen molar-refractivity contribution in [2.45, 2.75) is 13.0 Å². The molecule has 2 N–H and O–H groups in total. The molecule has 5 nitrogen and oxygen atoms in total. The lowest BCUT2D eigenvalue weighted by Gasteiger charge is -2.17. The largest absolute Gasteiger partial charge is 0.486 e. The predicted molar refractivity (Wildman–Crippen MR) is 70.8 cm³/mol. The van der Waals surface area contributed by atoms with E-state index in [9.17, 15) is 4.79 Å². The highest BCUT2D eigenvalue weighted by Crippen LogP contribution is 2.24. The van der Waals surface area contributed by atoms with E-state index in [0.29, 0.717) is 23.6 Å². The molecule has 0 aliphatic heterocycles. The Labute approximate surface area is 107 Å². The molecule has 0 aromatic heterocycles. The molecule has 1 amide bonds. The summed E-state index contributed by atoms with van der Waals surface area (Å²) in [6, 6.07) is 5.01. The number of nitrogens with zero attached hydrogens (tertiary/aromatic N) is 1.